The second-order valence-electron chi connectivity index (χ2n) is 2.81. The SMILES string of the molecule is CC.Cc1[nH]nc2ccc(=O)n(C)c12. The molecule has 76 valence electrons. The first-order chi connectivity index (χ1) is 6.70. The van der Waals surface area contributed by atoms with Crippen molar-refractivity contribution in [3.05, 3.63) is 28.2 Å². The van der Waals surface area contributed by atoms with Gasteiger partial charge in [0, 0.05) is 13.1 Å². The highest BCUT2D eigenvalue weighted by Crippen LogP contribution is 2.10. The van der Waals surface area contributed by atoms with Gasteiger partial charge in [0.05, 0.1) is 11.2 Å². The molecule has 0 fully saturated rings. The molecule has 0 spiro atoms. The first kappa shape index (κ1) is 10.5. The number of pyridine rings is 1. The maximum absolute atomic E-state index is 11.2. The van der Waals surface area contributed by atoms with Gasteiger partial charge in [-0.1, -0.05) is 13.8 Å². The van der Waals surface area contributed by atoms with Crippen LogP contribution in [0.2, 0.25) is 0 Å². The fraction of sp³-hybridized carbons (Fsp3) is 0.400. The van der Waals surface area contributed by atoms with Gasteiger partial charge in [-0.25, -0.2) is 0 Å². The molecule has 0 radical (unpaired) electrons. The molecule has 14 heavy (non-hydrogen) atoms. The van der Waals surface area contributed by atoms with Crippen molar-refractivity contribution in [3.8, 4) is 0 Å². The Morgan fingerprint density at radius 2 is 2.00 bits per heavy atom. The molecule has 0 saturated heterocycles. The van der Waals surface area contributed by atoms with E-state index in [1.54, 1.807) is 17.7 Å². The third-order valence-corrected chi connectivity index (χ3v) is 1.99. The Labute approximate surface area is 82.6 Å². The summed E-state index contributed by atoms with van der Waals surface area (Å²) in [5.74, 6) is 0. The monoisotopic (exact) mass is 193 g/mol. The van der Waals surface area contributed by atoms with E-state index in [-0.39, 0.29) is 5.56 Å². The minimum Gasteiger partial charge on any atom is -0.308 e. The van der Waals surface area contributed by atoms with E-state index in [0.717, 1.165) is 16.7 Å². The van der Waals surface area contributed by atoms with Crippen LogP contribution in [0.5, 0.6) is 0 Å². The Morgan fingerprint density at radius 1 is 1.36 bits per heavy atom. The maximum atomic E-state index is 11.2. The minimum absolute atomic E-state index is 0.00741. The zero-order valence-electron chi connectivity index (χ0n) is 8.96. The average Bonchev–Trinajstić information content (AvgIpc) is 2.58. The molecule has 4 nitrogen and oxygen atoms in total. The van der Waals surface area contributed by atoms with E-state index in [2.05, 4.69) is 10.2 Å². The lowest BCUT2D eigenvalue weighted by Gasteiger charge is -1.97. The highest BCUT2D eigenvalue weighted by Gasteiger charge is 2.04. The molecule has 0 saturated carbocycles. The van der Waals surface area contributed by atoms with Gasteiger partial charge < -0.3 is 4.57 Å². The largest absolute Gasteiger partial charge is 0.308 e. The van der Waals surface area contributed by atoms with E-state index in [1.807, 2.05) is 20.8 Å². The van der Waals surface area contributed by atoms with Crippen molar-refractivity contribution in [3.63, 3.8) is 0 Å². The number of aryl methyl sites for hydroxylation is 2. The van der Waals surface area contributed by atoms with E-state index in [1.165, 1.54) is 6.07 Å². The summed E-state index contributed by atoms with van der Waals surface area (Å²) >= 11 is 0. The average molecular weight is 193 g/mol. The smallest absolute Gasteiger partial charge is 0.250 e. The van der Waals surface area contributed by atoms with Crippen LogP contribution in [-0.2, 0) is 7.05 Å². The fourth-order valence-corrected chi connectivity index (χ4v) is 1.35. The lowest BCUT2D eigenvalue weighted by Crippen LogP contribution is -2.14. The van der Waals surface area contributed by atoms with Crippen molar-refractivity contribution in [1.82, 2.24) is 14.8 Å². The van der Waals surface area contributed by atoms with Gasteiger partial charge in [-0.05, 0) is 13.0 Å². The predicted molar refractivity (Wildman–Crippen MR) is 57.4 cm³/mol. The number of aromatic amines is 1. The van der Waals surface area contributed by atoms with Crippen LogP contribution in [0.25, 0.3) is 11.0 Å². The highest BCUT2D eigenvalue weighted by atomic mass is 16.1. The van der Waals surface area contributed by atoms with Gasteiger partial charge in [-0.15, -0.1) is 0 Å². The summed E-state index contributed by atoms with van der Waals surface area (Å²) in [7, 11) is 1.74. The maximum Gasteiger partial charge on any atom is 0.250 e. The van der Waals surface area contributed by atoms with Crippen molar-refractivity contribution in [1.29, 1.82) is 0 Å². The van der Waals surface area contributed by atoms with Gasteiger partial charge in [0.25, 0.3) is 5.56 Å². The Hall–Kier alpha value is -1.58. The van der Waals surface area contributed by atoms with Crippen molar-refractivity contribution >= 4 is 11.0 Å². The predicted octanol–water partition coefficient (Wildman–Crippen LogP) is 1.60. The summed E-state index contributed by atoms with van der Waals surface area (Å²) in [5.41, 5.74) is 2.62. The summed E-state index contributed by atoms with van der Waals surface area (Å²) in [6.07, 6.45) is 0. The molecule has 0 atom stereocenters. The van der Waals surface area contributed by atoms with Gasteiger partial charge in [-0.3, -0.25) is 9.89 Å². The zero-order chi connectivity index (χ0) is 10.7. The van der Waals surface area contributed by atoms with Crippen molar-refractivity contribution in [2.75, 3.05) is 0 Å². The Bertz CT molecular complexity index is 482. The van der Waals surface area contributed by atoms with Gasteiger partial charge >= 0.3 is 0 Å². The van der Waals surface area contributed by atoms with E-state index in [9.17, 15) is 4.79 Å². The van der Waals surface area contributed by atoms with Crippen LogP contribution in [-0.4, -0.2) is 14.8 Å². The summed E-state index contributed by atoms with van der Waals surface area (Å²) in [4.78, 5) is 11.2. The molecule has 0 aliphatic rings. The Kier molecular flexibility index (Phi) is 3.06. The lowest BCUT2D eigenvalue weighted by molar-refractivity contribution is 0.901. The third-order valence-electron chi connectivity index (χ3n) is 1.99. The van der Waals surface area contributed by atoms with Crippen LogP contribution in [0.4, 0.5) is 0 Å². The molecule has 0 aliphatic carbocycles. The number of hydrogen-bond acceptors (Lipinski definition) is 2. The zero-order valence-corrected chi connectivity index (χ0v) is 8.96. The third kappa shape index (κ3) is 1.55. The van der Waals surface area contributed by atoms with Crippen LogP contribution in [0.1, 0.15) is 19.5 Å². The molecule has 2 rings (SSSR count). The number of fused-ring (bicyclic) bond motifs is 1. The Balaban J connectivity index is 0.000000461. The molecule has 2 aromatic rings. The minimum atomic E-state index is -0.00741. The van der Waals surface area contributed by atoms with Gasteiger partial charge in [-0.2, -0.15) is 5.10 Å². The molecule has 2 heterocycles. The first-order valence-electron chi connectivity index (χ1n) is 4.71. The van der Waals surface area contributed by atoms with Gasteiger partial charge in [0.2, 0.25) is 0 Å². The van der Waals surface area contributed by atoms with Crippen LogP contribution in [0.15, 0.2) is 16.9 Å². The molecule has 1 N–H and O–H groups in total. The van der Waals surface area contributed by atoms with Crippen molar-refractivity contribution in [2.45, 2.75) is 20.8 Å². The van der Waals surface area contributed by atoms with E-state index < -0.39 is 0 Å². The van der Waals surface area contributed by atoms with Crippen LogP contribution < -0.4 is 5.56 Å². The van der Waals surface area contributed by atoms with Crippen molar-refractivity contribution in [2.24, 2.45) is 7.05 Å². The molecule has 0 unspecified atom stereocenters. The van der Waals surface area contributed by atoms with E-state index in [4.69, 9.17) is 0 Å². The molecule has 2 aromatic heterocycles. The van der Waals surface area contributed by atoms with E-state index in [0.29, 0.717) is 0 Å². The molecule has 4 heteroatoms. The molecule has 0 amide bonds. The molecule has 0 aromatic carbocycles. The van der Waals surface area contributed by atoms with E-state index >= 15 is 0 Å². The van der Waals surface area contributed by atoms with Gasteiger partial charge in [0.15, 0.2) is 0 Å². The molecule has 0 aliphatic heterocycles. The topological polar surface area (TPSA) is 50.7 Å². The first-order valence-corrected chi connectivity index (χ1v) is 4.71. The second-order valence-corrected chi connectivity index (χ2v) is 2.81. The van der Waals surface area contributed by atoms with Crippen LogP contribution in [0.3, 0.4) is 0 Å². The van der Waals surface area contributed by atoms with Gasteiger partial charge in [0.1, 0.15) is 5.52 Å². The summed E-state index contributed by atoms with van der Waals surface area (Å²) in [5, 5.41) is 6.87. The number of H-pyrrole nitrogens is 1. The summed E-state index contributed by atoms with van der Waals surface area (Å²) in [6, 6.07) is 3.24. The molecular formula is C10H15N3O. The lowest BCUT2D eigenvalue weighted by atomic mass is 10.3. The molecule has 0 bridgehead atoms. The normalized spacial score (nSPS) is 9.71. The molecular weight excluding hydrogens is 178 g/mol. The second kappa shape index (κ2) is 4.09. The number of hydrogen-bond donors (Lipinski definition) is 1. The number of aromatic nitrogens is 3. The Morgan fingerprint density at radius 3 is 2.64 bits per heavy atom. The quantitative estimate of drug-likeness (QED) is 0.690. The summed E-state index contributed by atoms with van der Waals surface area (Å²) in [6.45, 7) is 5.90. The standard InChI is InChI=1S/C8H9N3O.C2H6/c1-5-8-6(10-9-5)3-4-7(12)11(8)2;1-2/h3-4H,1-2H3,(H,9,10);1-2H3. The fourth-order valence-electron chi connectivity index (χ4n) is 1.35. The number of nitrogens with zero attached hydrogens (tertiary/aromatic N) is 2. The van der Waals surface area contributed by atoms with Crippen LogP contribution in [0, 0.1) is 6.92 Å². The highest BCUT2D eigenvalue weighted by molar-refractivity contribution is 5.76. The number of rotatable bonds is 0. The number of nitrogens with one attached hydrogen (secondary N) is 1. The summed E-state index contributed by atoms with van der Waals surface area (Å²) < 4.78 is 1.59. The van der Waals surface area contributed by atoms with Crippen molar-refractivity contribution < 1.29 is 0 Å². The van der Waals surface area contributed by atoms with Crippen LogP contribution >= 0.6 is 0 Å².